The van der Waals surface area contributed by atoms with E-state index in [2.05, 4.69) is 54.4 Å². The fourth-order valence-electron chi connectivity index (χ4n) is 2.35. The summed E-state index contributed by atoms with van der Waals surface area (Å²) in [4.78, 5) is 2.56. The second kappa shape index (κ2) is 5.35. The molecule has 0 aliphatic carbocycles. The van der Waals surface area contributed by atoms with E-state index in [9.17, 15) is 0 Å². The first kappa shape index (κ1) is 11.5. The number of para-hydroxylation sites is 1. The Bertz CT molecular complexity index is 300. The number of hydrogen-bond donors (Lipinski definition) is 1. The third kappa shape index (κ3) is 2.99. The summed E-state index contributed by atoms with van der Waals surface area (Å²) in [7, 11) is 0. The van der Waals surface area contributed by atoms with Gasteiger partial charge < -0.3 is 10.2 Å². The van der Waals surface area contributed by atoms with Gasteiger partial charge in [-0.3, -0.25) is 0 Å². The third-order valence-electron chi connectivity index (χ3n) is 3.59. The summed E-state index contributed by atoms with van der Waals surface area (Å²) in [5, 5.41) is 3.46. The zero-order chi connectivity index (χ0) is 11.4. The van der Waals surface area contributed by atoms with E-state index >= 15 is 0 Å². The van der Waals surface area contributed by atoms with Gasteiger partial charge in [-0.25, -0.2) is 0 Å². The Morgan fingerprint density at radius 3 is 2.38 bits per heavy atom. The van der Waals surface area contributed by atoms with Crippen molar-refractivity contribution in [2.75, 3.05) is 31.5 Å². The standard InChI is InChI=1S/C14H22N2/c1-12-10-16(11-13(12)2)9-8-15-14-6-4-3-5-7-14/h3-7,12-13,15H,8-11H2,1-2H3. The number of likely N-dealkylation sites (tertiary alicyclic amines) is 1. The van der Waals surface area contributed by atoms with Crippen molar-refractivity contribution in [3.8, 4) is 0 Å². The SMILES string of the molecule is CC1CN(CCNc2ccccc2)CC1C. The van der Waals surface area contributed by atoms with Crippen LogP contribution in [0.15, 0.2) is 30.3 Å². The molecule has 1 aromatic rings. The van der Waals surface area contributed by atoms with E-state index in [0.717, 1.165) is 24.9 Å². The minimum atomic E-state index is 0.858. The third-order valence-corrected chi connectivity index (χ3v) is 3.59. The molecule has 0 spiro atoms. The van der Waals surface area contributed by atoms with Crippen LogP contribution in [0.2, 0.25) is 0 Å². The maximum atomic E-state index is 3.46. The topological polar surface area (TPSA) is 15.3 Å². The molecule has 1 aromatic carbocycles. The fourth-order valence-corrected chi connectivity index (χ4v) is 2.35. The maximum Gasteiger partial charge on any atom is 0.0340 e. The molecular weight excluding hydrogens is 196 g/mol. The molecule has 2 unspecified atom stereocenters. The van der Waals surface area contributed by atoms with Gasteiger partial charge in [-0.05, 0) is 24.0 Å². The second-order valence-corrected chi connectivity index (χ2v) is 5.01. The van der Waals surface area contributed by atoms with Crippen molar-refractivity contribution in [1.29, 1.82) is 0 Å². The Labute approximate surface area is 98.7 Å². The lowest BCUT2D eigenvalue weighted by molar-refractivity contribution is 0.337. The van der Waals surface area contributed by atoms with Crippen molar-refractivity contribution < 1.29 is 0 Å². The van der Waals surface area contributed by atoms with Crippen molar-refractivity contribution >= 4 is 5.69 Å². The lowest BCUT2D eigenvalue weighted by Gasteiger charge is -2.16. The molecule has 2 nitrogen and oxygen atoms in total. The minimum Gasteiger partial charge on any atom is -0.384 e. The van der Waals surface area contributed by atoms with Crippen LogP contribution in [-0.2, 0) is 0 Å². The molecule has 1 aliphatic rings. The largest absolute Gasteiger partial charge is 0.384 e. The van der Waals surface area contributed by atoms with Gasteiger partial charge in [-0.1, -0.05) is 32.0 Å². The van der Waals surface area contributed by atoms with Crippen LogP contribution >= 0.6 is 0 Å². The van der Waals surface area contributed by atoms with Gasteiger partial charge in [-0.2, -0.15) is 0 Å². The minimum absolute atomic E-state index is 0.858. The van der Waals surface area contributed by atoms with Crippen LogP contribution in [-0.4, -0.2) is 31.1 Å². The van der Waals surface area contributed by atoms with E-state index in [1.54, 1.807) is 0 Å². The smallest absolute Gasteiger partial charge is 0.0340 e. The molecule has 0 aromatic heterocycles. The summed E-state index contributed by atoms with van der Waals surface area (Å²) in [6.45, 7) is 9.44. The van der Waals surface area contributed by atoms with Gasteiger partial charge in [0.1, 0.15) is 0 Å². The Morgan fingerprint density at radius 2 is 1.75 bits per heavy atom. The number of anilines is 1. The molecule has 1 fully saturated rings. The lowest BCUT2D eigenvalue weighted by atomic mass is 10.0. The molecule has 0 saturated carbocycles. The summed E-state index contributed by atoms with van der Waals surface area (Å²) in [5.74, 6) is 1.72. The van der Waals surface area contributed by atoms with Crippen molar-refractivity contribution in [3.63, 3.8) is 0 Å². The highest BCUT2D eigenvalue weighted by Gasteiger charge is 2.25. The monoisotopic (exact) mass is 218 g/mol. The highest BCUT2D eigenvalue weighted by atomic mass is 15.2. The Morgan fingerprint density at radius 1 is 1.12 bits per heavy atom. The van der Waals surface area contributed by atoms with Crippen LogP contribution in [0.5, 0.6) is 0 Å². The lowest BCUT2D eigenvalue weighted by Crippen LogP contribution is -2.27. The first-order valence-corrected chi connectivity index (χ1v) is 6.27. The van der Waals surface area contributed by atoms with E-state index < -0.39 is 0 Å². The molecule has 2 rings (SSSR count). The van der Waals surface area contributed by atoms with Gasteiger partial charge in [0, 0.05) is 31.9 Å². The molecule has 2 heteroatoms. The Balaban J connectivity index is 1.69. The van der Waals surface area contributed by atoms with E-state index in [-0.39, 0.29) is 0 Å². The molecule has 0 amide bonds. The molecule has 1 aliphatic heterocycles. The predicted octanol–water partition coefficient (Wildman–Crippen LogP) is 2.69. The molecule has 0 bridgehead atoms. The quantitative estimate of drug-likeness (QED) is 0.836. The number of rotatable bonds is 4. The van der Waals surface area contributed by atoms with Gasteiger partial charge in [0.25, 0.3) is 0 Å². The summed E-state index contributed by atoms with van der Waals surface area (Å²) in [6.07, 6.45) is 0. The molecule has 16 heavy (non-hydrogen) atoms. The van der Waals surface area contributed by atoms with Gasteiger partial charge >= 0.3 is 0 Å². The van der Waals surface area contributed by atoms with Gasteiger partial charge in [0.2, 0.25) is 0 Å². The van der Waals surface area contributed by atoms with Crippen LogP contribution in [0, 0.1) is 11.8 Å². The summed E-state index contributed by atoms with van der Waals surface area (Å²) in [5.41, 5.74) is 1.22. The second-order valence-electron chi connectivity index (χ2n) is 5.01. The molecule has 1 heterocycles. The molecule has 2 atom stereocenters. The normalized spacial score (nSPS) is 25.9. The average molecular weight is 218 g/mol. The maximum absolute atomic E-state index is 3.46. The van der Waals surface area contributed by atoms with Crippen LogP contribution < -0.4 is 5.32 Å². The summed E-state index contributed by atoms with van der Waals surface area (Å²) >= 11 is 0. The summed E-state index contributed by atoms with van der Waals surface area (Å²) in [6, 6.07) is 10.4. The van der Waals surface area contributed by atoms with E-state index in [4.69, 9.17) is 0 Å². The van der Waals surface area contributed by atoms with Gasteiger partial charge in [0.05, 0.1) is 0 Å². The number of nitrogens with zero attached hydrogens (tertiary/aromatic N) is 1. The van der Waals surface area contributed by atoms with Crippen LogP contribution in [0.1, 0.15) is 13.8 Å². The van der Waals surface area contributed by atoms with Crippen LogP contribution in [0.25, 0.3) is 0 Å². The molecule has 1 saturated heterocycles. The average Bonchev–Trinajstić information content (AvgIpc) is 2.60. The van der Waals surface area contributed by atoms with Crippen molar-refractivity contribution in [2.24, 2.45) is 11.8 Å². The van der Waals surface area contributed by atoms with Crippen LogP contribution in [0.4, 0.5) is 5.69 Å². The molecular formula is C14H22N2. The van der Waals surface area contributed by atoms with E-state index in [1.807, 2.05) is 0 Å². The molecule has 0 radical (unpaired) electrons. The van der Waals surface area contributed by atoms with E-state index in [0.29, 0.717) is 0 Å². The van der Waals surface area contributed by atoms with Crippen molar-refractivity contribution in [2.45, 2.75) is 13.8 Å². The first-order valence-electron chi connectivity index (χ1n) is 6.27. The highest BCUT2D eigenvalue weighted by Crippen LogP contribution is 2.21. The Kier molecular flexibility index (Phi) is 3.83. The first-order chi connectivity index (χ1) is 7.75. The zero-order valence-corrected chi connectivity index (χ0v) is 10.3. The predicted molar refractivity (Wildman–Crippen MR) is 69.7 cm³/mol. The molecule has 1 N–H and O–H groups in total. The van der Waals surface area contributed by atoms with Crippen LogP contribution in [0.3, 0.4) is 0 Å². The zero-order valence-electron chi connectivity index (χ0n) is 10.3. The number of hydrogen-bond acceptors (Lipinski definition) is 2. The highest BCUT2D eigenvalue weighted by molar-refractivity contribution is 5.42. The number of nitrogens with one attached hydrogen (secondary N) is 1. The summed E-state index contributed by atoms with van der Waals surface area (Å²) < 4.78 is 0. The van der Waals surface area contributed by atoms with Gasteiger partial charge in [-0.15, -0.1) is 0 Å². The van der Waals surface area contributed by atoms with E-state index in [1.165, 1.54) is 18.8 Å². The van der Waals surface area contributed by atoms with Crippen molar-refractivity contribution in [1.82, 2.24) is 4.90 Å². The Hall–Kier alpha value is -1.02. The van der Waals surface area contributed by atoms with Gasteiger partial charge in [0.15, 0.2) is 0 Å². The fraction of sp³-hybridized carbons (Fsp3) is 0.571. The molecule has 88 valence electrons. The van der Waals surface area contributed by atoms with Crippen molar-refractivity contribution in [3.05, 3.63) is 30.3 Å². The number of benzene rings is 1.